The van der Waals surface area contributed by atoms with Crippen molar-refractivity contribution in [3.8, 4) is 40.2 Å². The molecule has 448 valence electrons. The number of nitro groups is 1. The zero-order valence-corrected chi connectivity index (χ0v) is 47.7. The summed E-state index contributed by atoms with van der Waals surface area (Å²) in [6, 6.07) is 24.6. The molecule has 84 heavy (non-hydrogen) atoms. The van der Waals surface area contributed by atoms with Gasteiger partial charge in [-0.3, -0.25) is 10.1 Å². The number of nitrogen functional groups attached to an aromatic ring is 1. The van der Waals surface area contributed by atoms with E-state index in [2.05, 4.69) is 20.1 Å². The Labute approximate surface area is 489 Å². The lowest BCUT2D eigenvalue weighted by atomic mass is 10.0. The fourth-order valence-corrected chi connectivity index (χ4v) is 8.14. The topological polar surface area (TPSA) is 264 Å². The standard InChI is InChI=1S/C64H74N2O18/c1-5-8-9-16-21-45(4)81-58-44-56(65)55(43-57(58)66(73)74)64(72)84-52-33-27-49(28-34-52)77-40-41-80-62(70)54-42-46(61(69)82-50-29-23-47(24-30-50)75-36-17-12-10-14-19-38-78-59(67)6-2)22-35-53(54)63(71)83-51-31-25-48(26-32-51)76-37-18-13-11-15-20-39-79-60(68)7-3/h6-7,22-35,42-45H,2-3,5,8-21,36-41,65H2,1,4H3/t45-/m0/s1. The summed E-state index contributed by atoms with van der Waals surface area (Å²) >= 11 is 0. The Morgan fingerprint density at radius 2 is 0.929 bits per heavy atom. The van der Waals surface area contributed by atoms with Crippen molar-refractivity contribution in [2.45, 2.75) is 116 Å². The Bertz CT molecular complexity index is 2960. The third-order valence-electron chi connectivity index (χ3n) is 12.7. The summed E-state index contributed by atoms with van der Waals surface area (Å²) in [5.74, 6) is -2.74. The normalized spacial score (nSPS) is 11.0. The number of rotatable bonds is 39. The van der Waals surface area contributed by atoms with Crippen molar-refractivity contribution in [1.29, 1.82) is 0 Å². The molecule has 0 spiro atoms. The van der Waals surface area contributed by atoms with Crippen LogP contribution in [0.5, 0.6) is 40.2 Å². The summed E-state index contributed by atoms with van der Waals surface area (Å²) in [5.41, 5.74) is 4.88. The second-order valence-electron chi connectivity index (χ2n) is 19.2. The average Bonchev–Trinajstić information content (AvgIpc) is 3.58. The molecule has 0 heterocycles. The Morgan fingerprint density at radius 3 is 1.42 bits per heavy atom. The number of nitro benzene ring substituents is 1. The number of ether oxygens (including phenoxy) is 10. The Morgan fingerprint density at radius 1 is 0.488 bits per heavy atom. The van der Waals surface area contributed by atoms with Crippen molar-refractivity contribution in [2.75, 3.05) is 45.4 Å². The molecule has 2 N–H and O–H groups in total. The molecule has 0 unspecified atom stereocenters. The molecule has 0 amide bonds. The Balaban J connectivity index is 1.17. The van der Waals surface area contributed by atoms with Gasteiger partial charge in [0.25, 0.3) is 0 Å². The van der Waals surface area contributed by atoms with Crippen LogP contribution in [0.25, 0.3) is 0 Å². The van der Waals surface area contributed by atoms with Crippen LogP contribution in [0.2, 0.25) is 0 Å². The highest BCUT2D eigenvalue weighted by Gasteiger charge is 2.26. The highest BCUT2D eigenvalue weighted by atomic mass is 16.6. The van der Waals surface area contributed by atoms with Gasteiger partial charge in [-0.15, -0.1) is 0 Å². The van der Waals surface area contributed by atoms with Gasteiger partial charge in [-0.05, 0) is 136 Å². The van der Waals surface area contributed by atoms with E-state index in [4.69, 9.17) is 53.1 Å². The van der Waals surface area contributed by atoms with Crippen LogP contribution >= 0.6 is 0 Å². The number of carbonyl (C=O) groups excluding carboxylic acids is 6. The molecule has 0 bridgehead atoms. The number of esters is 6. The van der Waals surface area contributed by atoms with Crippen molar-refractivity contribution < 1.29 is 81.1 Å². The van der Waals surface area contributed by atoms with Gasteiger partial charge in [0.1, 0.15) is 47.7 Å². The summed E-state index contributed by atoms with van der Waals surface area (Å²) in [6.07, 6.45) is 15.4. The lowest BCUT2D eigenvalue weighted by Crippen LogP contribution is -2.19. The number of unbranched alkanes of at least 4 members (excludes halogenated alkanes) is 11. The van der Waals surface area contributed by atoms with E-state index in [0.29, 0.717) is 50.1 Å². The second-order valence-corrected chi connectivity index (χ2v) is 19.2. The SMILES string of the molecule is C=CC(=O)OCCCCCCCOc1ccc(OC(=O)c2ccc(C(=O)Oc3ccc(OCCCCCCCOC(=O)C=C)cc3)c(C(=O)OCCOc3ccc(OC(=O)c4cc([N+](=O)[O-])c(O[C@@H](C)CCCCCC)cc4N)cc3)c2)cc1. The molecule has 5 aromatic rings. The first-order valence-corrected chi connectivity index (χ1v) is 28.2. The fraction of sp³-hybridized carbons (Fsp3) is 0.375. The van der Waals surface area contributed by atoms with Crippen molar-refractivity contribution in [2.24, 2.45) is 0 Å². The number of hydrogen-bond acceptors (Lipinski definition) is 19. The predicted molar refractivity (Wildman–Crippen MR) is 312 cm³/mol. The van der Waals surface area contributed by atoms with Crippen LogP contribution in [-0.4, -0.2) is 86.5 Å². The van der Waals surface area contributed by atoms with Gasteiger partial charge >= 0.3 is 41.5 Å². The van der Waals surface area contributed by atoms with Crippen LogP contribution in [0.15, 0.2) is 128 Å². The number of anilines is 1. The van der Waals surface area contributed by atoms with Gasteiger partial charge in [0, 0.05) is 24.3 Å². The van der Waals surface area contributed by atoms with E-state index in [1.54, 1.807) is 48.5 Å². The van der Waals surface area contributed by atoms with E-state index in [9.17, 15) is 38.9 Å². The van der Waals surface area contributed by atoms with Crippen LogP contribution < -0.4 is 38.9 Å². The van der Waals surface area contributed by atoms with Crippen molar-refractivity contribution in [3.63, 3.8) is 0 Å². The molecule has 20 nitrogen and oxygen atoms in total. The first kappa shape index (κ1) is 65.6. The Hall–Kier alpha value is -9.20. The molecule has 0 aliphatic heterocycles. The maximum Gasteiger partial charge on any atom is 0.345 e. The molecule has 0 fully saturated rings. The number of nitrogens with zero attached hydrogens (tertiary/aromatic N) is 1. The van der Waals surface area contributed by atoms with Crippen molar-refractivity contribution in [1.82, 2.24) is 0 Å². The minimum absolute atomic E-state index is 0.0474. The van der Waals surface area contributed by atoms with Crippen LogP contribution in [0.1, 0.15) is 152 Å². The minimum Gasteiger partial charge on any atom is -0.494 e. The molecule has 1 atom stereocenters. The van der Waals surface area contributed by atoms with Gasteiger partial charge in [-0.2, -0.15) is 0 Å². The zero-order chi connectivity index (χ0) is 60.5. The highest BCUT2D eigenvalue weighted by molar-refractivity contribution is 6.06. The molecule has 0 aliphatic rings. The lowest BCUT2D eigenvalue weighted by molar-refractivity contribution is -0.386. The highest BCUT2D eigenvalue weighted by Crippen LogP contribution is 2.34. The van der Waals surface area contributed by atoms with Gasteiger partial charge in [0.2, 0.25) is 0 Å². The van der Waals surface area contributed by atoms with Crippen LogP contribution in [0.4, 0.5) is 11.4 Å². The van der Waals surface area contributed by atoms with Gasteiger partial charge in [0.15, 0.2) is 5.75 Å². The Kier molecular flexibility index (Phi) is 28.4. The maximum absolute atomic E-state index is 13.8. The minimum atomic E-state index is -0.978. The maximum atomic E-state index is 13.8. The van der Waals surface area contributed by atoms with Gasteiger partial charge < -0.3 is 53.1 Å². The van der Waals surface area contributed by atoms with Gasteiger partial charge in [-0.25, -0.2) is 28.8 Å². The second kappa shape index (κ2) is 36.3. The summed E-state index contributed by atoms with van der Waals surface area (Å²) in [4.78, 5) is 87.9. The zero-order valence-electron chi connectivity index (χ0n) is 47.7. The van der Waals surface area contributed by atoms with Gasteiger partial charge in [0.05, 0.1) is 65.4 Å². The molecule has 0 saturated heterocycles. The van der Waals surface area contributed by atoms with E-state index < -0.39 is 46.4 Å². The van der Waals surface area contributed by atoms with Gasteiger partial charge in [-0.1, -0.05) is 77.9 Å². The predicted octanol–water partition coefficient (Wildman–Crippen LogP) is 12.9. The molecular weight excluding hydrogens is 1080 g/mol. The molecule has 5 rings (SSSR count). The van der Waals surface area contributed by atoms with Crippen LogP contribution in [0.3, 0.4) is 0 Å². The molecule has 0 radical (unpaired) electrons. The summed E-state index contributed by atoms with van der Waals surface area (Å²) < 4.78 is 55.6. The monoisotopic (exact) mass is 1160 g/mol. The number of benzene rings is 5. The van der Waals surface area contributed by atoms with E-state index in [0.717, 1.165) is 108 Å². The summed E-state index contributed by atoms with van der Waals surface area (Å²) in [6.45, 7) is 11.8. The third-order valence-corrected chi connectivity index (χ3v) is 12.7. The van der Waals surface area contributed by atoms with Crippen molar-refractivity contribution in [3.05, 3.63) is 161 Å². The smallest absolute Gasteiger partial charge is 0.345 e. The first-order valence-electron chi connectivity index (χ1n) is 28.2. The molecule has 20 heteroatoms. The summed E-state index contributed by atoms with van der Waals surface area (Å²) in [5, 5.41) is 12.0. The number of nitrogens with two attached hydrogens (primary N) is 1. The largest absolute Gasteiger partial charge is 0.494 e. The molecule has 0 aromatic heterocycles. The van der Waals surface area contributed by atoms with Crippen LogP contribution in [-0.2, 0) is 23.8 Å². The molecule has 0 aliphatic carbocycles. The van der Waals surface area contributed by atoms with E-state index in [1.165, 1.54) is 48.5 Å². The van der Waals surface area contributed by atoms with Crippen LogP contribution in [0, 0.1) is 10.1 Å². The molecule has 0 saturated carbocycles. The quantitative estimate of drug-likeness (QED) is 0.00560. The van der Waals surface area contributed by atoms with E-state index in [-0.39, 0.29) is 70.3 Å². The summed E-state index contributed by atoms with van der Waals surface area (Å²) in [7, 11) is 0. The number of carbonyl (C=O) groups is 6. The van der Waals surface area contributed by atoms with Crippen molar-refractivity contribution >= 4 is 47.2 Å². The van der Waals surface area contributed by atoms with E-state index >= 15 is 0 Å². The van der Waals surface area contributed by atoms with E-state index in [1.807, 2.05) is 6.92 Å². The molecule has 5 aromatic carbocycles. The lowest BCUT2D eigenvalue weighted by Gasteiger charge is -2.16. The molecular formula is C64H74N2O18. The third kappa shape index (κ3) is 23.3. The first-order chi connectivity index (χ1) is 40.7. The average molecular weight is 1160 g/mol. The fourth-order valence-electron chi connectivity index (χ4n) is 8.14. The number of hydrogen-bond donors (Lipinski definition) is 1.